The van der Waals surface area contributed by atoms with Crippen molar-refractivity contribution >= 4 is 5.97 Å². The molecule has 0 N–H and O–H groups in total. The minimum Gasteiger partial charge on any atom is -0.371 e. The minimum absolute atomic E-state index is 0.411. The standard InChI is InChI=1S/C8H8O2/c1-3-4-5-6-7-10-8(2)9/h3H2,1-2H3. The Bertz CT molecular complexity index is 219. The van der Waals surface area contributed by atoms with Gasteiger partial charge in [0.15, 0.2) is 0 Å². The van der Waals surface area contributed by atoms with Gasteiger partial charge in [-0.3, -0.25) is 4.79 Å². The monoisotopic (exact) mass is 136 g/mol. The van der Waals surface area contributed by atoms with E-state index in [-0.39, 0.29) is 0 Å². The van der Waals surface area contributed by atoms with Crippen molar-refractivity contribution < 1.29 is 9.53 Å². The summed E-state index contributed by atoms with van der Waals surface area (Å²) in [6.45, 7) is 3.21. The Morgan fingerprint density at radius 1 is 1.50 bits per heavy atom. The molecule has 0 aliphatic rings. The summed E-state index contributed by atoms with van der Waals surface area (Å²) >= 11 is 0. The number of ether oxygens (including phenoxy) is 1. The summed E-state index contributed by atoms with van der Waals surface area (Å²) in [7, 11) is 0. The molecule has 0 aliphatic heterocycles. The molecule has 0 aromatic carbocycles. The van der Waals surface area contributed by atoms with Gasteiger partial charge in [-0.1, -0.05) is 12.8 Å². The molecule has 0 fully saturated rings. The maximum atomic E-state index is 10.1. The lowest BCUT2D eigenvalue weighted by atomic mass is 10.5. The van der Waals surface area contributed by atoms with Crippen molar-refractivity contribution in [2.75, 3.05) is 0 Å². The molecule has 10 heavy (non-hydrogen) atoms. The molecule has 0 bridgehead atoms. The fourth-order valence-electron chi connectivity index (χ4n) is 0.255. The maximum absolute atomic E-state index is 10.1. The molecule has 0 rings (SSSR count). The van der Waals surface area contributed by atoms with E-state index in [0.717, 1.165) is 6.42 Å². The molecule has 2 heteroatoms. The number of rotatable bonds is 0. The number of esters is 1. The van der Waals surface area contributed by atoms with E-state index >= 15 is 0 Å². The Morgan fingerprint density at radius 3 is 2.70 bits per heavy atom. The highest BCUT2D eigenvalue weighted by molar-refractivity contribution is 5.67. The second kappa shape index (κ2) is 5.72. The van der Waals surface area contributed by atoms with Crippen molar-refractivity contribution in [3.63, 3.8) is 0 Å². The van der Waals surface area contributed by atoms with Gasteiger partial charge in [0.05, 0.1) is 0 Å². The number of hydrogen-bond acceptors (Lipinski definition) is 2. The quantitative estimate of drug-likeness (QED) is 0.365. The van der Waals surface area contributed by atoms with Crippen LogP contribution in [0, 0.1) is 23.9 Å². The summed E-state index contributed by atoms with van der Waals surface area (Å²) in [4.78, 5) is 10.1. The van der Waals surface area contributed by atoms with Gasteiger partial charge < -0.3 is 4.74 Å². The van der Waals surface area contributed by atoms with Crippen LogP contribution in [0.3, 0.4) is 0 Å². The third-order valence-electron chi connectivity index (χ3n) is 0.573. The van der Waals surface area contributed by atoms with Gasteiger partial charge in [0.1, 0.15) is 6.11 Å². The lowest BCUT2D eigenvalue weighted by Crippen LogP contribution is -1.89. The topological polar surface area (TPSA) is 26.3 Å². The van der Waals surface area contributed by atoms with Gasteiger partial charge in [0.25, 0.3) is 0 Å². The molecular formula is C8H8O2. The summed E-state index contributed by atoms with van der Waals surface area (Å²) in [6, 6.07) is 0. The zero-order valence-electron chi connectivity index (χ0n) is 6.02. The van der Waals surface area contributed by atoms with Crippen molar-refractivity contribution in [3.8, 4) is 23.9 Å². The van der Waals surface area contributed by atoms with E-state index in [1.54, 1.807) is 0 Å². The molecule has 0 amide bonds. The highest BCUT2D eigenvalue weighted by Gasteiger charge is 1.81. The highest BCUT2D eigenvalue weighted by Crippen LogP contribution is 1.69. The average Bonchev–Trinajstić information content (AvgIpc) is 1.87. The van der Waals surface area contributed by atoms with Crippen molar-refractivity contribution in [1.29, 1.82) is 0 Å². The second-order valence-electron chi connectivity index (χ2n) is 1.48. The second-order valence-corrected chi connectivity index (χ2v) is 1.48. The highest BCUT2D eigenvalue weighted by atomic mass is 16.5. The van der Waals surface area contributed by atoms with Gasteiger partial charge >= 0.3 is 5.97 Å². The van der Waals surface area contributed by atoms with Crippen LogP contribution in [0.2, 0.25) is 0 Å². The van der Waals surface area contributed by atoms with E-state index in [2.05, 4.69) is 28.6 Å². The normalized spacial score (nSPS) is 6.20. The summed E-state index contributed by atoms with van der Waals surface area (Å²) in [5.41, 5.74) is 0. The van der Waals surface area contributed by atoms with E-state index in [9.17, 15) is 4.79 Å². The molecule has 52 valence electrons. The Labute approximate surface area is 60.6 Å². The maximum Gasteiger partial charge on any atom is 0.316 e. The number of carbonyl (C=O) groups is 1. The first-order valence-corrected chi connectivity index (χ1v) is 2.92. The van der Waals surface area contributed by atoms with Crippen LogP contribution in [0.25, 0.3) is 0 Å². The summed E-state index contributed by atoms with van der Waals surface area (Å²) in [5.74, 6) is 7.16. The van der Waals surface area contributed by atoms with E-state index in [0.29, 0.717) is 0 Å². The first kappa shape index (κ1) is 8.59. The van der Waals surface area contributed by atoms with Crippen LogP contribution in [-0.4, -0.2) is 5.97 Å². The van der Waals surface area contributed by atoms with E-state index in [1.165, 1.54) is 6.92 Å². The molecule has 0 atom stereocenters. The van der Waals surface area contributed by atoms with Gasteiger partial charge in [0, 0.05) is 19.3 Å². The average molecular weight is 136 g/mol. The van der Waals surface area contributed by atoms with Gasteiger partial charge in [0.2, 0.25) is 0 Å². The number of carbonyl (C=O) groups excluding carboxylic acids is 1. The van der Waals surface area contributed by atoms with E-state index < -0.39 is 5.97 Å². The fourth-order valence-corrected chi connectivity index (χ4v) is 0.255. The molecule has 0 saturated carbocycles. The third-order valence-corrected chi connectivity index (χ3v) is 0.573. The van der Waals surface area contributed by atoms with Crippen LogP contribution in [-0.2, 0) is 9.53 Å². The molecule has 0 spiro atoms. The predicted octanol–water partition coefficient (Wildman–Crippen LogP) is 0.924. The summed E-state index contributed by atoms with van der Waals surface area (Å²) in [6.07, 6.45) is 2.91. The van der Waals surface area contributed by atoms with Crippen molar-refractivity contribution in [2.45, 2.75) is 20.3 Å². The van der Waals surface area contributed by atoms with E-state index in [1.807, 2.05) is 6.92 Å². The molecule has 2 nitrogen and oxygen atoms in total. The Hall–Kier alpha value is -1.41. The van der Waals surface area contributed by atoms with Crippen LogP contribution >= 0.6 is 0 Å². The molecule has 0 aromatic heterocycles. The Balaban J connectivity index is 3.60. The first-order valence-electron chi connectivity index (χ1n) is 2.92. The first-order chi connectivity index (χ1) is 4.77. The lowest BCUT2D eigenvalue weighted by Gasteiger charge is -1.79. The van der Waals surface area contributed by atoms with Gasteiger partial charge in [-0.25, -0.2) is 0 Å². The molecule has 0 unspecified atom stereocenters. The van der Waals surface area contributed by atoms with Crippen LogP contribution < -0.4 is 0 Å². The molecule has 0 aliphatic carbocycles. The lowest BCUT2D eigenvalue weighted by molar-refractivity contribution is -0.134. The zero-order chi connectivity index (χ0) is 7.82. The zero-order valence-corrected chi connectivity index (χ0v) is 6.02. The molecule has 0 aromatic rings. The van der Waals surface area contributed by atoms with Crippen molar-refractivity contribution in [1.82, 2.24) is 0 Å². The molecule has 0 saturated heterocycles. The fraction of sp³-hybridized carbons (Fsp3) is 0.375. The number of hydrogen-bond donors (Lipinski definition) is 0. The SMILES string of the molecule is CCC#CC#COC(C)=O. The van der Waals surface area contributed by atoms with Crippen LogP contribution in [0.1, 0.15) is 20.3 Å². The van der Waals surface area contributed by atoms with Crippen LogP contribution in [0.15, 0.2) is 0 Å². The molecule has 0 radical (unpaired) electrons. The van der Waals surface area contributed by atoms with Crippen molar-refractivity contribution in [3.05, 3.63) is 0 Å². The largest absolute Gasteiger partial charge is 0.371 e. The third kappa shape index (κ3) is 6.59. The van der Waals surface area contributed by atoms with Crippen molar-refractivity contribution in [2.24, 2.45) is 0 Å². The molecular weight excluding hydrogens is 128 g/mol. The van der Waals surface area contributed by atoms with Gasteiger partial charge in [-0.2, -0.15) is 0 Å². The van der Waals surface area contributed by atoms with Crippen LogP contribution in [0.4, 0.5) is 0 Å². The van der Waals surface area contributed by atoms with Gasteiger partial charge in [-0.15, -0.1) is 0 Å². The minimum atomic E-state index is -0.411. The summed E-state index contributed by atoms with van der Waals surface area (Å²) in [5, 5.41) is 0. The van der Waals surface area contributed by atoms with Gasteiger partial charge in [-0.05, 0) is 5.92 Å². The summed E-state index contributed by atoms with van der Waals surface area (Å²) < 4.78 is 4.29. The molecule has 0 heterocycles. The van der Waals surface area contributed by atoms with E-state index in [4.69, 9.17) is 0 Å². The predicted molar refractivity (Wildman–Crippen MR) is 37.6 cm³/mol. The Morgan fingerprint density at radius 2 is 2.20 bits per heavy atom. The smallest absolute Gasteiger partial charge is 0.316 e. The Kier molecular flexibility index (Phi) is 4.91. The van der Waals surface area contributed by atoms with Crippen LogP contribution in [0.5, 0.6) is 0 Å².